The van der Waals surface area contributed by atoms with Crippen molar-refractivity contribution < 1.29 is 17.9 Å². The van der Waals surface area contributed by atoms with Gasteiger partial charge in [-0.2, -0.15) is 0 Å². The van der Waals surface area contributed by atoms with Crippen LogP contribution in [0.15, 0.2) is 77.7 Å². The Morgan fingerprint density at radius 1 is 0.846 bits per heavy atom. The van der Waals surface area contributed by atoms with Gasteiger partial charge in [0, 0.05) is 23.1 Å². The molecule has 132 valence electrons. The van der Waals surface area contributed by atoms with E-state index >= 15 is 0 Å². The number of benzene rings is 3. The summed E-state index contributed by atoms with van der Waals surface area (Å²) in [6, 6.07) is 19.6. The summed E-state index contributed by atoms with van der Waals surface area (Å²) in [7, 11) is -3.37. The number of rotatable bonds is 5. The molecular formula is C20H17NO4S. The van der Waals surface area contributed by atoms with Crippen molar-refractivity contribution in [2.24, 2.45) is 0 Å². The minimum Gasteiger partial charge on any atom is -0.457 e. The van der Waals surface area contributed by atoms with Crippen molar-refractivity contribution in [3.05, 3.63) is 83.9 Å². The highest BCUT2D eigenvalue weighted by atomic mass is 32.2. The molecular weight excluding hydrogens is 350 g/mol. The van der Waals surface area contributed by atoms with Crippen LogP contribution in [0.25, 0.3) is 0 Å². The number of nitrogen functional groups attached to an aromatic ring is 1. The summed E-state index contributed by atoms with van der Waals surface area (Å²) in [5.74, 6) is 0.963. The fourth-order valence-corrected chi connectivity index (χ4v) is 3.05. The fourth-order valence-electron chi connectivity index (χ4n) is 2.38. The zero-order valence-corrected chi connectivity index (χ0v) is 14.9. The van der Waals surface area contributed by atoms with E-state index in [0.717, 1.165) is 6.26 Å². The lowest BCUT2D eigenvalue weighted by Gasteiger charge is -2.07. The van der Waals surface area contributed by atoms with Crippen molar-refractivity contribution in [3.63, 3.8) is 0 Å². The van der Waals surface area contributed by atoms with Gasteiger partial charge in [-0.15, -0.1) is 0 Å². The minimum absolute atomic E-state index is 0.117. The van der Waals surface area contributed by atoms with Crippen molar-refractivity contribution in [2.75, 3.05) is 12.0 Å². The molecule has 0 saturated carbocycles. The smallest absolute Gasteiger partial charge is 0.193 e. The van der Waals surface area contributed by atoms with E-state index in [2.05, 4.69) is 0 Å². The molecule has 0 unspecified atom stereocenters. The summed E-state index contributed by atoms with van der Waals surface area (Å²) in [5, 5.41) is 0. The Morgan fingerprint density at radius 2 is 1.42 bits per heavy atom. The molecule has 0 aliphatic carbocycles. The molecule has 26 heavy (non-hydrogen) atoms. The molecule has 0 amide bonds. The van der Waals surface area contributed by atoms with Crippen LogP contribution in [-0.2, 0) is 9.84 Å². The number of ether oxygens (including phenoxy) is 1. The van der Waals surface area contributed by atoms with Gasteiger partial charge < -0.3 is 10.5 Å². The van der Waals surface area contributed by atoms with Crippen LogP contribution in [0.2, 0.25) is 0 Å². The highest BCUT2D eigenvalue weighted by Crippen LogP contribution is 2.23. The molecule has 3 rings (SSSR count). The first-order valence-electron chi connectivity index (χ1n) is 7.81. The number of ketones is 1. The number of carbonyl (C=O) groups excluding carboxylic acids is 1. The molecule has 0 atom stereocenters. The van der Waals surface area contributed by atoms with E-state index in [-0.39, 0.29) is 10.7 Å². The average molecular weight is 367 g/mol. The van der Waals surface area contributed by atoms with Gasteiger partial charge in [0.2, 0.25) is 0 Å². The maximum absolute atomic E-state index is 12.6. The normalized spacial score (nSPS) is 11.1. The number of nitrogens with two attached hydrogens (primary N) is 1. The van der Waals surface area contributed by atoms with Crippen LogP contribution >= 0.6 is 0 Å². The van der Waals surface area contributed by atoms with E-state index in [0.29, 0.717) is 28.3 Å². The molecule has 3 aromatic carbocycles. The maximum Gasteiger partial charge on any atom is 0.193 e. The molecule has 0 bridgehead atoms. The summed E-state index contributed by atoms with van der Waals surface area (Å²) < 4.78 is 29.0. The van der Waals surface area contributed by atoms with E-state index in [9.17, 15) is 13.2 Å². The molecule has 0 aliphatic heterocycles. The first-order valence-corrected chi connectivity index (χ1v) is 9.70. The Morgan fingerprint density at radius 3 is 2.00 bits per heavy atom. The van der Waals surface area contributed by atoms with Crippen LogP contribution < -0.4 is 10.5 Å². The molecule has 0 spiro atoms. The number of hydrogen-bond donors (Lipinski definition) is 1. The standard InChI is InChI=1S/C20H17NO4S/c1-26(23,24)19-4-2-3-15(13-19)20(22)14-5-9-17(10-6-14)25-18-11-7-16(21)8-12-18/h2-13H,21H2,1H3. The van der Waals surface area contributed by atoms with Crippen molar-refractivity contribution in [2.45, 2.75) is 4.90 Å². The predicted octanol–water partition coefficient (Wildman–Crippen LogP) is 3.70. The van der Waals surface area contributed by atoms with Gasteiger partial charge in [0.25, 0.3) is 0 Å². The summed E-state index contributed by atoms with van der Waals surface area (Å²) >= 11 is 0. The largest absolute Gasteiger partial charge is 0.457 e. The van der Waals surface area contributed by atoms with Crippen molar-refractivity contribution in [3.8, 4) is 11.5 Å². The second-order valence-corrected chi connectivity index (χ2v) is 7.84. The lowest BCUT2D eigenvalue weighted by Crippen LogP contribution is -2.04. The predicted molar refractivity (Wildman–Crippen MR) is 100 cm³/mol. The molecule has 6 heteroatoms. The molecule has 0 aromatic heterocycles. The van der Waals surface area contributed by atoms with Gasteiger partial charge in [-0.3, -0.25) is 4.79 Å². The second-order valence-electron chi connectivity index (χ2n) is 5.82. The Bertz CT molecular complexity index is 1040. The first kappa shape index (κ1) is 17.7. The minimum atomic E-state index is -3.37. The highest BCUT2D eigenvalue weighted by molar-refractivity contribution is 7.90. The van der Waals surface area contributed by atoms with E-state index in [4.69, 9.17) is 10.5 Å². The van der Waals surface area contributed by atoms with Crippen LogP contribution in [0.4, 0.5) is 5.69 Å². The molecule has 0 heterocycles. The van der Waals surface area contributed by atoms with E-state index < -0.39 is 9.84 Å². The van der Waals surface area contributed by atoms with Gasteiger partial charge in [0.1, 0.15) is 11.5 Å². The summed E-state index contributed by atoms with van der Waals surface area (Å²) in [6.45, 7) is 0. The van der Waals surface area contributed by atoms with Crippen molar-refractivity contribution in [1.29, 1.82) is 0 Å². The first-order chi connectivity index (χ1) is 12.3. The van der Waals surface area contributed by atoms with Gasteiger partial charge in [-0.05, 0) is 60.7 Å². The highest BCUT2D eigenvalue weighted by Gasteiger charge is 2.13. The summed E-state index contributed by atoms with van der Waals surface area (Å²) in [4.78, 5) is 12.7. The van der Waals surface area contributed by atoms with Gasteiger partial charge in [-0.25, -0.2) is 8.42 Å². The van der Waals surface area contributed by atoms with Crippen LogP contribution in [0.3, 0.4) is 0 Å². The Kier molecular flexibility index (Phi) is 4.77. The number of carbonyl (C=O) groups is 1. The zero-order valence-electron chi connectivity index (χ0n) is 14.0. The SMILES string of the molecule is CS(=O)(=O)c1cccc(C(=O)c2ccc(Oc3ccc(N)cc3)cc2)c1. The molecule has 0 fully saturated rings. The monoisotopic (exact) mass is 367 g/mol. The lowest BCUT2D eigenvalue weighted by molar-refractivity contribution is 0.103. The zero-order chi connectivity index (χ0) is 18.7. The Hall–Kier alpha value is -3.12. The molecule has 5 nitrogen and oxygen atoms in total. The van der Waals surface area contributed by atoms with Crippen LogP contribution in [0, 0.1) is 0 Å². The lowest BCUT2D eigenvalue weighted by atomic mass is 10.0. The fraction of sp³-hybridized carbons (Fsp3) is 0.0500. The molecule has 2 N–H and O–H groups in total. The molecule has 3 aromatic rings. The molecule has 0 saturated heterocycles. The van der Waals surface area contributed by atoms with Gasteiger partial charge in [0.05, 0.1) is 4.90 Å². The molecule has 0 radical (unpaired) electrons. The number of anilines is 1. The summed E-state index contributed by atoms with van der Waals surface area (Å²) in [6.07, 6.45) is 1.11. The Balaban J connectivity index is 1.80. The third kappa shape index (κ3) is 4.10. The van der Waals surface area contributed by atoms with E-state index in [1.54, 1.807) is 60.7 Å². The molecule has 0 aliphatic rings. The van der Waals surface area contributed by atoms with Gasteiger partial charge in [0.15, 0.2) is 15.6 Å². The Labute approximate surface area is 152 Å². The second kappa shape index (κ2) is 7.01. The maximum atomic E-state index is 12.6. The number of hydrogen-bond acceptors (Lipinski definition) is 5. The third-order valence-electron chi connectivity index (χ3n) is 3.76. The van der Waals surface area contributed by atoms with Crippen LogP contribution in [-0.4, -0.2) is 20.5 Å². The van der Waals surface area contributed by atoms with Gasteiger partial charge >= 0.3 is 0 Å². The van der Waals surface area contributed by atoms with E-state index in [1.807, 2.05) is 0 Å². The van der Waals surface area contributed by atoms with Crippen molar-refractivity contribution in [1.82, 2.24) is 0 Å². The van der Waals surface area contributed by atoms with Crippen molar-refractivity contribution >= 4 is 21.3 Å². The van der Waals surface area contributed by atoms with Crippen LogP contribution in [0.5, 0.6) is 11.5 Å². The summed E-state index contributed by atoms with van der Waals surface area (Å²) in [5.41, 5.74) is 7.05. The topological polar surface area (TPSA) is 86.5 Å². The van der Waals surface area contributed by atoms with Gasteiger partial charge in [-0.1, -0.05) is 12.1 Å². The van der Waals surface area contributed by atoms with E-state index in [1.165, 1.54) is 12.1 Å². The quantitative estimate of drug-likeness (QED) is 0.549. The average Bonchev–Trinajstić information content (AvgIpc) is 2.63. The number of sulfone groups is 1. The third-order valence-corrected chi connectivity index (χ3v) is 4.87. The van der Waals surface area contributed by atoms with Crippen LogP contribution in [0.1, 0.15) is 15.9 Å².